The van der Waals surface area contributed by atoms with Crippen LogP contribution in [0.3, 0.4) is 0 Å². The SMILES string of the molecule is CC(=N)C=C([NH2+]c1ccc(F)cc1)C(=O)O. The molecule has 0 heterocycles. The van der Waals surface area contributed by atoms with Crippen molar-refractivity contribution < 1.29 is 19.6 Å². The molecule has 0 fully saturated rings. The van der Waals surface area contributed by atoms with Crippen molar-refractivity contribution in [2.75, 3.05) is 0 Å². The van der Waals surface area contributed by atoms with Crippen LogP contribution in [0.5, 0.6) is 0 Å². The summed E-state index contributed by atoms with van der Waals surface area (Å²) in [6.07, 6.45) is 1.24. The number of hydrogen-bond acceptors (Lipinski definition) is 2. The van der Waals surface area contributed by atoms with Gasteiger partial charge in [0.1, 0.15) is 11.5 Å². The van der Waals surface area contributed by atoms with Crippen LogP contribution in [0.15, 0.2) is 36.0 Å². The third-order valence-electron chi connectivity index (χ3n) is 1.81. The molecule has 0 spiro atoms. The Hall–Kier alpha value is -2.01. The third kappa shape index (κ3) is 3.62. The molecule has 0 aliphatic carbocycles. The maximum atomic E-state index is 12.6. The second kappa shape index (κ2) is 5.18. The lowest BCUT2D eigenvalue weighted by Crippen LogP contribution is -2.77. The van der Waals surface area contributed by atoms with Crippen molar-refractivity contribution in [1.29, 1.82) is 5.41 Å². The van der Waals surface area contributed by atoms with Gasteiger partial charge in [-0.1, -0.05) is 0 Å². The number of carboxylic acid groups (broad SMARTS) is 1. The quantitative estimate of drug-likeness (QED) is 0.405. The summed E-state index contributed by atoms with van der Waals surface area (Å²) in [5, 5.41) is 17.5. The Labute approximate surface area is 91.9 Å². The van der Waals surface area contributed by atoms with Gasteiger partial charge < -0.3 is 10.5 Å². The van der Waals surface area contributed by atoms with Crippen LogP contribution in [0, 0.1) is 11.2 Å². The van der Waals surface area contributed by atoms with E-state index in [1.54, 1.807) is 0 Å². The number of benzene rings is 1. The van der Waals surface area contributed by atoms with E-state index in [1.807, 2.05) is 0 Å². The van der Waals surface area contributed by atoms with Gasteiger partial charge in [-0.15, -0.1) is 0 Å². The molecule has 0 saturated heterocycles. The van der Waals surface area contributed by atoms with Crippen LogP contribution >= 0.6 is 0 Å². The first kappa shape index (κ1) is 12.1. The molecule has 4 nitrogen and oxygen atoms in total. The molecule has 0 bridgehead atoms. The Bertz CT molecular complexity index is 438. The summed E-state index contributed by atoms with van der Waals surface area (Å²) in [5.41, 5.74) is 0.728. The maximum Gasteiger partial charge on any atom is 0.390 e. The minimum Gasteiger partial charge on any atom is -0.474 e. The van der Waals surface area contributed by atoms with E-state index in [0.717, 1.165) is 0 Å². The van der Waals surface area contributed by atoms with Gasteiger partial charge in [0, 0.05) is 23.9 Å². The highest BCUT2D eigenvalue weighted by Gasteiger charge is 2.13. The highest BCUT2D eigenvalue weighted by molar-refractivity contribution is 5.97. The van der Waals surface area contributed by atoms with Crippen molar-refractivity contribution in [3.8, 4) is 0 Å². The van der Waals surface area contributed by atoms with Crippen molar-refractivity contribution >= 4 is 17.4 Å². The predicted molar refractivity (Wildman–Crippen MR) is 57.1 cm³/mol. The summed E-state index contributed by atoms with van der Waals surface area (Å²) in [5.74, 6) is -1.49. The van der Waals surface area contributed by atoms with Gasteiger partial charge in [-0.2, -0.15) is 0 Å². The highest BCUT2D eigenvalue weighted by atomic mass is 19.1. The van der Waals surface area contributed by atoms with E-state index in [4.69, 9.17) is 10.5 Å². The average molecular weight is 223 g/mol. The van der Waals surface area contributed by atoms with E-state index >= 15 is 0 Å². The van der Waals surface area contributed by atoms with Crippen molar-refractivity contribution in [3.63, 3.8) is 0 Å². The molecule has 1 aromatic rings. The zero-order valence-electron chi connectivity index (χ0n) is 8.70. The Morgan fingerprint density at radius 3 is 2.44 bits per heavy atom. The van der Waals surface area contributed by atoms with E-state index in [-0.39, 0.29) is 17.2 Å². The molecular formula is C11H12FN2O2+. The second-order valence-corrected chi connectivity index (χ2v) is 3.28. The zero-order chi connectivity index (χ0) is 12.1. The first-order valence-electron chi connectivity index (χ1n) is 4.59. The van der Waals surface area contributed by atoms with Crippen molar-refractivity contribution in [2.24, 2.45) is 0 Å². The van der Waals surface area contributed by atoms with E-state index in [2.05, 4.69) is 0 Å². The third-order valence-corrected chi connectivity index (χ3v) is 1.81. The molecule has 5 heteroatoms. The van der Waals surface area contributed by atoms with Crippen LogP contribution in [0.25, 0.3) is 0 Å². The number of hydrogen-bond donors (Lipinski definition) is 3. The maximum absolute atomic E-state index is 12.6. The first-order chi connectivity index (χ1) is 7.49. The predicted octanol–water partition coefficient (Wildman–Crippen LogP) is 1.03. The van der Waals surface area contributed by atoms with E-state index in [0.29, 0.717) is 5.69 Å². The molecule has 0 atom stereocenters. The van der Waals surface area contributed by atoms with E-state index < -0.39 is 5.97 Å². The van der Waals surface area contributed by atoms with Gasteiger partial charge in [-0.3, -0.25) is 5.32 Å². The fourth-order valence-electron chi connectivity index (χ4n) is 1.14. The number of carboxylic acids is 1. The van der Waals surface area contributed by atoms with Gasteiger partial charge in [0.05, 0.1) is 0 Å². The van der Waals surface area contributed by atoms with Crippen LogP contribution in [0.4, 0.5) is 10.1 Å². The monoisotopic (exact) mass is 223 g/mol. The molecule has 0 amide bonds. The normalized spacial score (nSPS) is 11.2. The number of nitrogens with one attached hydrogen (secondary N) is 1. The van der Waals surface area contributed by atoms with Crippen molar-refractivity contribution in [1.82, 2.24) is 0 Å². The molecule has 16 heavy (non-hydrogen) atoms. The summed E-state index contributed by atoms with van der Waals surface area (Å²) in [6, 6.07) is 5.46. The van der Waals surface area contributed by atoms with Crippen LogP contribution in [-0.2, 0) is 4.79 Å². The lowest BCUT2D eigenvalue weighted by molar-refractivity contribution is -0.512. The minimum absolute atomic E-state index is 0.000826. The zero-order valence-corrected chi connectivity index (χ0v) is 8.70. The van der Waals surface area contributed by atoms with Gasteiger partial charge in [0.2, 0.25) is 5.70 Å². The number of rotatable bonds is 4. The fraction of sp³-hybridized carbons (Fsp3) is 0.0909. The Balaban J connectivity index is 2.88. The molecule has 4 N–H and O–H groups in total. The highest BCUT2D eigenvalue weighted by Crippen LogP contribution is 2.02. The van der Waals surface area contributed by atoms with Crippen molar-refractivity contribution in [3.05, 3.63) is 41.9 Å². The molecule has 1 rings (SSSR count). The fourth-order valence-corrected chi connectivity index (χ4v) is 1.14. The summed E-state index contributed by atoms with van der Waals surface area (Å²) in [4.78, 5) is 10.8. The van der Waals surface area contributed by atoms with Crippen LogP contribution in [-0.4, -0.2) is 16.8 Å². The number of halogens is 1. The minimum atomic E-state index is -1.11. The van der Waals surface area contributed by atoms with E-state index in [9.17, 15) is 9.18 Å². The smallest absolute Gasteiger partial charge is 0.390 e. The van der Waals surface area contributed by atoms with Gasteiger partial charge in [-0.05, 0) is 19.1 Å². The molecule has 84 valence electrons. The van der Waals surface area contributed by atoms with Gasteiger partial charge in [0.25, 0.3) is 0 Å². The topological polar surface area (TPSA) is 77.8 Å². The Morgan fingerprint density at radius 1 is 1.44 bits per heavy atom. The van der Waals surface area contributed by atoms with Gasteiger partial charge >= 0.3 is 5.97 Å². The number of carbonyl (C=O) groups is 1. The standard InChI is InChI=1S/C11H11FN2O2/c1-7(13)6-10(11(15)16)14-9-4-2-8(12)3-5-9/h2-6,13-14H,1H3,(H,15,16)/p+1. The number of quaternary nitrogens is 1. The largest absolute Gasteiger partial charge is 0.474 e. The van der Waals surface area contributed by atoms with Crippen molar-refractivity contribution in [2.45, 2.75) is 6.92 Å². The van der Waals surface area contributed by atoms with E-state index in [1.165, 1.54) is 42.6 Å². The lowest BCUT2D eigenvalue weighted by atomic mass is 10.2. The summed E-state index contributed by atoms with van der Waals surface area (Å²) >= 11 is 0. The number of nitrogens with two attached hydrogens (primary N) is 1. The van der Waals surface area contributed by atoms with Gasteiger partial charge in [0.15, 0.2) is 0 Å². The molecule has 0 radical (unpaired) electrons. The molecule has 0 aromatic heterocycles. The van der Waals surface area contributed by atoms with Crippen LogP contribution in [0.1, 0.15) is 6.92 Å². The van der Waals surface area contributed by atoms with Gasteiger partial charge in [-0.25, -0.2) is 9.18 Å². The lowest BCUT2D eigenvalue weighted by Gasteiger charge is -2.00. The summed E-state index contributed by atoms with van der Waals surface area (Å²) in [7, 11) is 0. The molecule has 1 aromatic carbocycles. The molecule has 0 aliphatic heterocycles. The Kier molecular flexibility index (Phi) is 3.90. The first-order valence-corrected chi connectivity index (χ1v) is 4.59. The molecular weight excluding hydrogens is 211 g/mol. The van der Waals surface area contributed by atoms with Crippen LogP contribution < -0.4 is 5.32 Å². The molecule has 0 saturated carbocycles. The molecule has 0 unspecified atom stereocenters. The summed E-state index contributed by atoms with van der Waals surface area (Å²) in [6.45, 7) is 1.49. The number of aliphatic carboxylic acids is 1. The number of allylic oxidation sites excluding steroid dienone is 1. The van der Waals surface area contributed by atoms with Crippen LogP contribution in [0.2, 0.25) is 0 Å². The molecule has 0 aliphatic rings. The second-order valence-electron chi connectivity index (χ2n) is 3.28. The Morgan fingerprint density at radius 2 is 2.00 bits per heavy atom. The average Bonchev–Trinajstić information content (AvgIpc) is 2.19. The summed E-state index contributed by atoms with van der Waals surface area (Å²) < 4.78 is 12.6.